The standard InChI is InChI=1S/C19H28N2O2/c1-6-12-20-17(23)19(5)11-13-21(19)16(22)14-7-9-15(10-8-14)18(2,3)4/h7-10H,6,11-13H2,1-5H3,(H,20,23). The van der Waals surface area contributed by atoms with E-state index >= 15 is 0 Å². The zero-order valence-corrected chi connectivity index (χ0v) is 14.9. The van der Waals surface area contributed by atoms with Gasteiger partial charge in [-0.05, 0) is 42.9 Å². The Morgan fingerprint density at radius 1 is 1.22 bits per heavy atom. The van der Waals surface area contributed by atoms with E-state index in [1.165, 1.54) is 5.56 Å². The molecule has 1 N–H and O–H groups in total. The van der Waals surface area contributed by atoms with Crippen LogP contribution in [0.25, 0.3) is 0 Å². The predicted molar refractivity (Wildman–Crippen MR) is 92.5 cm³/mol. The zero-order chi connectivity index (χ0) is 17.3. The Balaban J connectivity index is 2.13. The first-order valence-electron chi connectivity index (χ1n) is 8.41. The van der Waals surface area contributed by atoms with Crippen molar-refractivity contribution < 1.29 is 9.59 Å². The number of hydrogen-bond donors (Lipinski definition) is 1. The third-order valence-electron chi connectivity index (χ3n) is 4.69. The molecule has 1 aliphatic rings. The van der Waals surface area contributed by atoms with Crippen molar-refractivity contribution in [1.82, 2.24) is 10.2 Å². The molecule has 23 heavy (non-hydrogen) atoms. The molecule has 1 fully saturated rings. The fraction of sp³-hybridized carbons (Fsp3) is 0.579. The van der Waals surface area contributed by atoms with E-state index in [4.69, 9.17) is 0 Å². The van der Waals surface area contributed by atoms with Crippen LogP contribution in [0.5, 0.6) is 0 Å². The number of amides is 2. The molecule has 0 bridgehead atoms. The number of benzene rings is 1. The summed E-state index contributed by atoms with van der Waals surface area (Å²) in [4.78, 5) is 26.7. The minimum Gasteiger partial charge on any atom is -0.354 e. The van der Waals surface area contributed by atoms with Crippen molar-refractivity contribution in [2.45, 2.75) is 58.4 Å². The molecule has 1 unspecified atom stereocenters. The van der Waals surface area contributed by atoms with Crippen molar-refractivity contribution >= 4 is 11.8 Å². The quantitative estimate of drug-likeness (QED) is 0.928. The van der Waals surface area contributed by atoms with Crippen LogP contribution < -0.4 is 5.32 Å². The maximum absolute atomic E-state index is 12.7. The number of nitrogens with zero attached hydrogens (tertiary/aromatic N) is 1. The molecule has 1 aromatic rings. The van der Waals surface area contributed by atoms with Gasteiger partial charge in [0, 0.05) is 18.7 Å². The lowest BCUT2D eigenvalue weighted by Crippen LogP contribution is -2.67. The summed E-state index contributed by atoms with van der Waals surface area (Å²) < 4.78 is 0. The molecule has 4 heteroatoms. The third-order valence-corrected chi connectivity index (χ3v) is 4.69. The summed E-state index contributed by atoms with van der Waals surface area (Å²) in [5.74, 6) is -0.115. The van der Waals surface area contributed by atoms with Crippen molar-refractivity contribution in [3.8, 4) is 0 Å². The smallest absolute Gasteiger partial charge is 0.254 e. The molecule has 0 saturated carbocycles. The van der Waals surface area contributed by atoms with Gasteiger partial charge in [0.05, 0.1) is 0 Å². The van der Waals surface area contributed by atoms with Gasteiger partial charge in [0.25, 0.3) is 5.91 Å². The minimum absolute atomic E-state index is 0.0507. The first-order valence-corrected chi connectivity index (χ1v) is 8.41. The lowest BCUT2D eigenvalue weighted by atomic mass is 9.84. The summed E-state index contributed by atoms with van der Waals surface area (Å²) in [6, 6.07) is 7.74. The van der Waals surface area contributed by atoms with Crippen LogP contribution in [-0.4, -0.2) is 35.3 Å². The van der Waals surface area contributed by atoms with Crippen LogP contribution in [0, 0.1) is 0 Å². The summed E-state index contributed by atoms with van der Waals surface area (Å²) in [5, 5.41) is 2.91. The molecule has 126 valence electrons. The van der Waals surface area contributed by atoms with Crippen LogP contribution in [-0.2, 0) is 10.2 Å². The second-order valence-corrected chi connectivity index (χ2v) is 7.56. The highest BCUT2D eigenvalue weighted by atomic mass is 16.2. The molecule has 1 saturated heterocycles. The maximum atomic E-state index is 12.7. The van der Waals surface area contributed by atoms with E-state index < -0.39 is 5.54 Å². The molecular formula is C19H28N2O2. The van der Waals surface area contributed by atoms with Gasteiger partial charge in [-0.15, -0.1) is 0 Å². The Bertz CT molecular complexity index is 586. The van der Waals surface area contributed by atoms with Gasteiger partial charge in [0.15, 0.2) is 0 Å². The Hall–Kier alpha value is -1.84. The lowest BCUT2D eigenvalue weighted by Gasteiger charge is -2.49. The molecule has 1 aromatic carbocycles. The summed E-state index contributed by atoms with van der Waals surface area (Å²) >= 11 is 0. The number of carbonyl (C=O) groups is 2. The molecule has 0 spiro atoms. The third kappa shape index (κ3) is 3.41. The number of hydrogen-bond acceptors (Lipinski definition) is 2. The van der Waals surface area contributed by atoms with Crippen molar-refractivity contribution in [1.29, 1.82) is 0 Å². The van der Waals surface area contributed by atoms with Crippen molar-refractivity contribution in [3.63, 3.8) is 0 Å². The van der Waals surface area contributed by atoms with E-state index in [1.54, 1.807) is 4.90 Å². The van der Waals surface area contributed by atoms with Crippen molar-refractivity contribution in [2.75, 3.05) is 13.1 Å². The van der Waals surface area contributed by atoms with E-state index in [1.807, 2.05) is 38.1 Å². The zero-order valence-electron chi connectivity index (χ0n) is 14.9. The molecular weight excluding hydrogens is 288 g/mol. The summed E-state index contributed by atoms with van der Waals surface area (Å²) in [7, 11) is 0. The highest BCUT2D eigenvalue weighted by Crippen LogP contribution is 2.32. The summed E-state index contributed by atoms with van der Waals surface area (Å²) in [6.07, 6.45) is 1.61. The molecule has 1 heterocycles. The normalized spacial score (nSPS) is 20.8. The Kier molecular flexibility index (Phi) is 4.83. The van der Waals surface area contributed by atoms with Gasteiger partial charge >= 0.3 is 0 Å². The Labute approximate surface area is 139 Å². The van der Waals surface area contributed by atoms with Gasteiger partial charge in [-0.3, -0.25) is 9.59 Å². The van der Waals surface area contributed by atoms with Gasteiger partial charge in [-0.2, -0.15) is 0 Å². The average molecular weight is 316 g/mol. The monoisotopic (exact) mass is 316 g/mol. The topological polar surface area (TPSA) is 49.4 Å². The molecule has 1 atom stereocenters. The fourth-order valence-electron chi connectivity index (χ4n) is 2.82. The van der Waals surface area contributed by atoms with Crippen LogP contribution in [0.15, 0.2) is 24.3 Å². The molecule has 4 nitrogen and oxygen atoms in total. The SMILES string of the molecule is CCCNC(=O)C1(C)CCN1C(=O)c1ccc(C(C)(C)C)cc1. The van der Waals surface area contributed by atoms with Crippen LogP contribution in [0.2, 0.25) is 0 Å². The number of nitrogens with one attached hydrogen (secondary N) is 1. The molecule has 1 aliphatic heterocycles. The van der Waals surface area contributed by atoms with Crippen molar-refractivity contribution in [2.24, 2.45) is 0 Å². The number of rotatable bonds is 4. The van der Waals surface area contributed by atoms with Gasteiger partial charge < -0.3 is 10.2 Å². The van der Waals surface area contributed by atoms with Crippen LogP contribution in [0.3, 0.4) is 0 Å². The summed E-state index contributed by atoms with van der Waals surface area (Å²) in [6.45, 7) is 11.6. The second-order valence-electron chi connectivity index (χ2n) is 7.56. The maximum Gasteiger partial charge on any atom is 0.254 e. The van der Waals surface area contributed by atoms with Crippen molar-refractivity contribution in [3.05, 3.63) is 35.4 Å². The first kappa shape index (κ1) is 17.5. The van der Waals surface area contributed by atoms with E-state index in [2.05, 4.69) is 26.1 Å². The summed E-state index contributed by atoms with van der Waals surface area (Å²) in [5.41, 5.74) is 1.19. The van der Waals surface area contributed by atoms with Gasteiger partial charge in [-0.1, -0.05) is 39.8 Å². The second kappa shape index (κ2) is 6.34. The molecule has 0 aromatic heterocycles. The van der Waals surface area contributed by atoms with Crippen LogP contribution in [0.1, 0.15) is 63.4 Å². The van der Waals surface area contributed by atoms with Gasteiger partial charge in [0.2, 0.25) is 5.91 Å². The van der Waals surface area contributed by atoms with Crippen LogP contribution in [0.4, 0.5) is 0 Å². The lowest BCUT2D eigenvalue weighted by molar-refractivity contribution is -0.137. The number of carbonyl (C=O) groups excluding carboxylic acids is 2. The van der Waals surface area contributed by atoms with E-state index in [-0.39, 0.29) is 17.2 Å². The van der Waals surface area contributed by atoms with Gasteiger partial charge in [-0.25, -0.2) is 0 Å². The fourth-order valence-corrected chi connectivity index (χ4v) is 2.82. The minimum atomic E-state index is -0.713. The highest BCUT2D eigenvalue weighted by molar-refractivity contribution is 6.00. The number of likely N-dealkylation sites (tertiary alicyclic amines) is 1. The Morgan fingerprint density at radius 3 is 2.26 bits per heavy atom. The highest BCUT2D eigenvalue weighted by Gasteiger charge is 2.49. The largest absolute Gasteiger partial charge is 0.354 e. The van der Waals surface area contributed by atoms with Gasteiger partial charge in [0.1, 0.15) is 5.54 Å². The molecule has 2 rings (SSSR count). The van der Waals surface area contributed by atoms with Crippen LogP contribution >= 0.6 is 0 Å². The van der Waals surface area contributed by atoms with E-state index in [9.17, 15) is 9.59 Å². The van der Waals surface area contributed by atoms with E-state index in [0.29, 0.717) is 25.1 Å². The first-order chi connectivity index (χ1) is 10.7. The van der Waals surface area contributed by atoms with E-state index in [0.717, 1.165) is 6.42 Å². The molecule has 2 amide bonds. The Morgan fingerprint density at radius 2 is 1.83 bits per heavy atom. The molecule has 0 radical (unpaired) electrons. The molecule has 0 aliphatic carbocycles. The predicted octanol–water partition coefficient (Wildman–Crippen LogP) is 3.11. The average Bonchev–Trinajstić information content (AvgIpc) is 2.49.